The van der Waals surface area contributed by atoms with Crippen LogP contribution in [0.2, 0.25) is 10.0 Å². The molecule has 0 heterocycles. The molecule has 0 bridgehead atoms. The first kappa shape index (κ1) is 18.3. The van der Waals surface area contributed by atoms with Crippen molar-refractivity contribution in [3.05, 3.63) is 28.2 Å². The Bertz CT molecular complexity index is 403. The van der Waals surface area contributed by atoms with E-state index in [2.05, 4.69) is 5.32 Å². The maximum absolute atomic E-state index is 11.4. The van der Waals surface area contributed by atoms with Crippen LogP contribution in [0.15, 0.2) is 18.2 Å². The normalized spacial score (nSPS) is 9.63. The van der Waals surface area contributed by atoms with Crippen molar-refractivity contribution >= 4 is 41.5 Å². The van der Waals surface area contributed by atoms with E-state index in [1.807, 2.05) is 0 Å². The highest BCUT2D eigenvalue weighted by molar-refractivity contribution is 6.42. The summed E-state index contributed by atoms with van der Waals surface area (Å²) in [4.78, 5) is 11.4. The van der Waals surface area contributed by atoms with Crippen LogP contribution < -0.4 is 15.8 Å². The maximum Gasteiger partial charge on any atom is 0.257 e. The largest absolute Gasteiger partial charge is 0.484 e. The molecule has 1 rings (SSSR count). The number of hydrogen-bond donors (Lipinski definition) is 2. The molecule has 1 aromatic rings. The number of rotatable bonds is 7. The number of ether oxygens (including phenoxy) is 1. The Kier molecular flexibility index (Phi) is 9.79. The molecule has 0 spiro atoms. The topological polar surface area (TPSA) is 64.3 Å². The second kappa shape index (κ2) is 10.1. The van der Waals surface area contributed by atoms with Crippen molar-refractivity contribution < 1.29 is 9.53 Å². The highest BCUT2D eigenvalue weighted by Crippen LogP contribution is 2.26. The molecule has 1 aromatic carbocycles. The minimum Gasteiger partial charge on any atom is -0.484 e. The summed E-state index contributed by atoms with van der Waals surface area (Å²) in [5.74, 6) is 0.347. The van der Waals surface area contributed by atoms with Crippen LogP contribution in [0.25, 0.3) is 0 Å². The van der Waals surface area contributed by atoms with Crippen molar-refractivity contribution in [2.75, 3.05) is 19.7 Å². The molecule has 1 amide bonds. The van der Waals surface area contributed by atoms with Crippen LogP contribution in [0.1, 0.15) is 12.8 Å². The van der Waals surface area contributed by atoms with Gasteiger partial charge in [0, 0.05) is 12.6 Å². The predicted octanol–water partition coefficient (Wildman–Crippen LogP) is 2.65. The van der Waals surface area contributed by atoms with Crippen LogP contribution in [-0.4, -0.2) is 25.6 Å². The van der Waals surface area contributed by atoms with Crippen molar-refractivity contribution in [1.82, 2.24) is 5.32 Å². The van der Waals surface area contributed by atoms with Crippen LogP contribution in [0.5, 0.6) is 5.75 Å². The molecule has 0 unspecified atom stereocenters. The van der Waals surface area contributed by atoms with Gasteiger partial charge >= 0.3 is 0 Å². The average molecular weight is 328 g/mol. The summed E-state index contributed by atoms with van der Waals surface area (Å²) >= 11 is 11.6. The molecule has 0 aromatic heterocycles. The van der Waals surface area contributed by atoms with Gasteiger partial charge in [0.05, 0.1) is 10.0 Å². The summed E-state index contributed by atoms with van der Waals surface area (Å²) in [6.45, 7) is 1.21. The smallest absolute Gasteiger partial charge is 0.257 e. The second-order valence-corrected chi connectivity index (χ2v) is 4.52. The molecule has 0 saturated carbocycles. The lowest BCUT2D eigenvalue weighted by atomic mass is 10.3. The van der Waals surface area contributed by atoms with E-state index in [9.17, 15) is 4.79 Å². The fraction of sp³-hybridized carbons (Fsp3) is 0.417. The Morgan fingerprint density at radius 1 is 1.26 bits per heavy atom. The van der Waals surface area contributed by atoms with E-state index in [1.54, 1.807) is 18.2 Å². The zero-order valence-corrected chi connectivity index (χ0v) is 12.7. The molecule has 4 nitrogen and oxygen atoms in total. The van der Waals surface area contributed by atoms with Crippen LogP contribution in [0.4, 0.5) is 0 Å². The minimum absolute atomic E-state index is 0. The lowest BCUT2D eigenvalue weighted by Gasteiger charge is -2.07. The first-order valence-electron chi connectivity index (χ1n) is 5.68. The molecule has 108 valence electrons. The number of unbranched alkanes of at least 4 members (excludes halogenated alkanes) is 1. The molecule has 0 aliphatic rings. The van der Waals surface area contributed by atoms with E-state index in [-0.39, 0.29) is 24.9 Å². The molecule has 0 radical (unpaired) electrons. The fourth-order valence-corrected chi connectivity index (χ4v) is 1.55. The quantitative estimate of drug-likeness (QED) is 0.757. The van der Waals surface area contributed by atoms with Crippen molar-refractivity contribution in [3.8, 4) is 5.75 Å². The van der Waals surface area contributed by atoms with Gasteiger partial charge in [0.1, 0.15) is 5.75 Å². The van der Waals surface area contributed by atoms with E-state index >= 15 is 0 Å². The molecular weight excluding hydrogens is 311 g/mol. The van der Waals surface area contributed by atoms with Gasteiger partial charge in [0.15, 0.2) is 6.61 Å². The van der Waals surface area contributed by atoms with Gasteiger partial charge in [0.25, 0.3) is 5.91 Å². The summed E-state index contributed by atoms with van der Waals surface area (Å²) in [5.41, 5.74) is 5.35. The van der Waals surface area contributed by atoms with Crippen molar-refractivity contribution in [2.24, 2.45) is 5.73 Å². The number of nitrogens with one attached hydrogen (secondary N) is 1. The number of carbonyl (C=O) groups excluding carboxylic acids is 1. The second-order valence-electron chi connectivity index (χ2n) is 3.71. The molecule has 0 aliphatic carbocycles. The monoisotopic (exact) mass is 326 g/mol. The Morgan fingerprint density at radius 2 is 2.00 bits per heavy atom. The number of carbonyl (C=O) groups is 1. The van der Waals surface area contributed by atoms with Crippen LogP contribution in [-0.2, 0) is 4.79 Å². The summed E-state index contributed by atoms with van der Waals surface area (Å²) in [7, 11) is 0. The zero-order chi connectivity index (χ0) is 13.4. The Balaban J connectivity index is 0.00000324. The van der Waals surface area contributed by atoms with Crippen LogP contribution in [0, 0.1) is 0 Å². The zero-order valence-electron chi connectivity index (χ0n) is 10.3. The number of benzene rings is 1. The average Bonchev–Trinajstić information content (AvgIpc) is 2.36. The molecule has 19 heavy (non-hydrogen) atoms. The maximum atomic E-state index is 11.4. The standard InChI is InChI=1S/C12H16Cl2N2O2.ClH/c13-10-4-3-9(7-11(10)14)18-8-12(17)16-6-2-1-5-15;/h3-4,7H,1-2,5-6,8,15H2,(H,16,17);1H. The van der Waals surface area contributed by atoms with Crippen molar-refractivity contribution in [1.29, 1.82) is 0 Å². The third-order valence-electron chi connectivity index (χ3n) is 2.21. The van der Waals surface area contributed by atoms with Gasteiger partial charge in [-0.25, -0.2) is 0 Å². The summed E-state index contributed by atoms with van der Waals surface area (Å²) < 4.78 is 5.28. The van der Waals surface area contributed by atoms with E-state index < -0.39 is 0 Å². The molecule has 0 fully saturated rings. The third kappa shape index (κ3) is 7.47. The Labute approximate surface area is 129 Å². The summed E-state index contributed by atoms with van der Waals surface area (Å²) in [6, 6.07) is 4.86. The highest BCUT2D eigenvalue weighted by Gasteiger charge is 2.04. The van der Waals surface area contributed by atoms with E-state index in [1.165, 1.54) is 0 Å². The van der Waals surface area contributed by atoms with Gasteiger partial charge in [-0.15, -0.1) is 12.4 Å². The Morgan fingerprint density at radius 3 is 2.63 bits per heavy atom. The minimum atomic E-state index is -0.168. The van der Waals surface area contributed by atoms with Gasteiger partial charge in [-0.05, 0) is 31.5 Å². The van der Waals surface area contributed by atoms with Crippen molar-refractivity contribution in [2.45, 2.75) is 12.8 Å². The lowest BCUT2D eigenvalue weighted by Crippen LogP contribution is -2.29. The molecule has 7 heteroatoms. The molecule has 0 atom stereocenters. The van der Waals surface area contributed by atoms with Crippen LogP contribution >= 0.6 is 35.6 Å². The SMILES string of the molecule is Cl.NCCCCNC(=O)COc1ccc(Cl)c(Cl)c1. The highest BCUT2D eigenvalue weighted by atomic mass is 35.5. The Hall–Kier alpha value is -0.680. The number of amides is 1. The van der Waals surface area contributed by atoms with Gasteiger partial charge in [-0.3, -0.25) is 4.79 Å². The first-order valence-corrected chi connectivity index (χ1v) is 6.43. The number of halogens is 3. The molecule has 0 aliphatic heterocycles. The van der Waals surface area contributed by atoms with Crippen molar-refractivity contribution in [3.63, 3.8) is 0 Å². The number of nitrogens with two attached hydrogens (primary N) is 1. The predicted molar refractivity (Wildman–Crippen MR) is 80.5 cm³/mol. The van der Waals surface area contributed by atoms with Gasteiger partial charge < -0.3 is 15.8 Å². The summed E-state index contributed by atoms with van der Waals surface area (Å²) in [6.07, 6.45) is 1.77. The van der Waals surface area contributed by atoms with E-state index in [4.69, 9.17) is 33.7 Å². The molecule has 0 saturated heterocycles. The molecular formula is C12H17Cl3N2O2. The van der Waals surface area contributed by atoms with Crippen LogP contribution in [0.3, 0.4) is 0 Å². The third-order valence-corrected chi connectivity index (χ3v) is 2.95. The first-order chi connectivity index (χ1) is 8.63. The fourth-order valence-electron chi connectivity index (χ4n) is 1.26. The van der Waals surface area contributed by atoms with Gasteiger partial charge in [-0.1, -0.05) is 23.2 Å². The van der Waals surface area contributed by atoms with Gasteiger partial charge in [0.2, 0.25) is 0 Å². The van der Waals surface area contributed by atoms with Gasteiger partial charge in [-0.2, -0.15) is 0 Å². The number of hydrogen-bond acceptors (Lipinski definition) is 3. The van der Waals surface area contributed by atoms with E-state index in [0.29, 0.717) is 28.9 Å². The lowest BCUT2D eigenvalue weighted by molar-refractivity contribution is -0.123. The van der Waals surface area contributed by atoms with E-state index in [0.717, 1.165) is 12.8 Å². The summed E-state index contributed by atoms with van der Waals surface area (Å²) in [5, 5.41) is 3.59. The molecule has 3 N–H and O–H groups in total.